The topological polar surface area (TPSA) is 59.3 Å². The lowest BCUT2D eigenvalue weighted by Gasteiger charge is -2.11. The molecule has 16 heavy (non-hydrogen) atoms. The van der Waals surface area contributed by atoms with Crippen molar-refractivity contribution in [1.82, 2.24) is 4.57 Å². The fourth-order valence-corrected chi connectivity index (χ4v) is 2.26. The molecule has 0 radical (unpaired) electrons. The number of hydrogen-bond acceptors (Lipinski definition) is 2. The number of rotatable bonds is 3. The van der Waals surface area contributed by atoms with Gasteiger partial charge in [0.1, 0.15) is 0 Å². The maximum Gasteiger partial charge on any atom is 0.335 e. The second-order valence-corrected chi connectivity index (χ2v) is 4.36. The van der Waals surface area contributed by atoms with Crippen molar-refractivity contribution in [2.45, 2.75) is 32.2 Å². The molecular formula is C12H15NO3. The van der Waals surface area contributed by atoms with Gasteiger partial charge >= 0.3 is 5.97 Å². The Morgan fingerprint density at radius 1 is 1.44 bits per heavy atom. The summed E-state index contributed by atoms with van der Waals surface area (Å²) in [7, 11) is 0. The predicted octanol–water partition coefficient (Wildman–Crippen LogP) is 1.74. The Balaban J connectivity index is 2.16. The minimum atomic E-state index is -1.05. The number of carboxylic acid groups (broad SMARTS) is 1. The molecule has 0 atom stereocenters. The monoisotopic (exact) mass is 221 g/mol. The first-order valence-corrected chi connectivity index (χ1v) is 5.60. The van der Waals surface area contributed by atoms with E-state index in [2.05, 4.69) is 0 Å². The molecule has 0 unspecified atom stereocenters. The van der Waals surface area contributed by atoms with Crippen LogP contribution in [0.25, 0.3) is 0 Å². The summed E-state index contributed by atoms with van der Waals surface area (Å²) in [6, 6.07) is 2.68. The van der Waals surface area contributed by atoms with Gasteiger partial charge in [-0.3, -0.25) is 4.79 Å². The zero-order valence-corrected chi connectivity index (χ0v) is 9.06. The molecule has 0 aromatic carbocycles. The van der Waals surface area contributed by atoms with Crippen molar-refractivity contribution in [3.8, 4) is 0 Å². The van der Waals surface area contributed by atoms with E-state index in [1.165, 1.54) is 37.8 Å². The highest BCUT2D eigenvalue weighted by Crippen LogP contribution is 2.25. The number of carbonyl (C=O) groups is 1. The van der Waals surface area contributed by atoms with Gasteiger partial charge in [-0.2, -0.15) is 0 Å². The van der Waals surface area contributed by atoms with Crippen LogP contribution in [0, 0.1) is 5.92 Å². The summed E-state index contributed by atoms with van der Waals surface area (Å²) in [6.45, 7) is 0.721. The zero-order valence-electron chi connectivity index (χ0n) is 9.06. The van der Waals surface area contributed by atoms with Crippen molar-refractivity contribution < 1.29 is 9.90 Å². The lowest BCUT2D eigenvalue weighted by molar-refractivity contribution is 0.0696. The molecule has 0 aliphatic heterocycles. The van der Waals surface area contributed by atoms with Gasteiger partial charge in [0.05, 0.1) is 5.56 Å². The SMILES string of the molecule is O=C(O)c1ccn(CC2CCCC2)c(=O)c1. The first kappa shape index (κ1) is 10.9. The summed E-state index contributed by atoms with van der Waals surface area (Å²) in [6.07, 6.45) is 6.42. The normalized spacial score (nSPS) is 16.5. The minimum absolute atomic E-state index is 0.0627. The fourth-order valence-electron chi connectivity index (χ4n) is 2.26. The van der Waals surface area contributed by atoms with Gasteiger partial charge < -0.3 is 9.67 Å². The number of aromatic carboxylic acids is 1. The minimum Gasteiger partial charge on any atom is -0.478 e. The Bertz CT molecular complexity index is 444. The van der Waals surface area contributed by atoms with Gasteiger partial charge in [-0.1, -0.05) is 12.8 Å². The quantitative estimate of drug-likeness (QED) is 0.845. The van der Waals surface area contributed by atoms with Gasteiger partial charge in [0.2, 0.25) is 0 Å². The van der Waals surface area contributed by atoms with Crippen LogP contribution in [0.5, 0.6) is 0 Å². The van der Waals surface area contributed by atoms with E-state index in [4.69, 9.17) is 5.11 Å². The summed E-state index contributed by atoms with van der Waals surface area (Å²) in [5.41, 5.74) is -0.153. The third-order valence-electron chi connectivity index (χ3n) is 3.17. The molecule has 1 aromatic heterocycles. The summed E-state index contributed by atoms with van der Waals surface area (Å²) in [4.78, 5) is 22.3. The third kappa shape index (κ3) is 2.32. The molecule has 1 aromatic rings. The van der Waals surface area contributed by atoms with Crippen LogP contribution in [0.1, 0.15) is 36.0 Å². The molecule has 1 heterocycles. The van der Waals surface area contributed by atoms with Gasteiger partial charge in [0, 0.05) is 18.8 Å². The van der Waals surface area contributed by atoms with E-state index in [9.17, 15) is 9.59 Å². The van der Waals surface area contributed by atoms with E-state index in [0.717, 1.165) is 6.54 Å². The molecule has 0 spiro atoms. The second kappa shape index (κ2) is 4.51. The van der Waals surface area contributed by atoms with Crippen LogP contribution in [-0.2, 0) is 6.54 Å². The molecule has 4 nitrogen and oxygen atoms in total. The first-order valence-electron chi connectivity index (χ1n) is 5.60. The average molecular weight is 221 g/mol. The predicted molar refractivity (Wildman–Crippen MR) is 59.6 cm³/mol. The highest BCUT2D eigenvalue weighted by atomic mass is 16.4. The molecule has 0 bridgehead atoms. The second-order valence-electron chi connectivity index (χ2n) is 4.36. The molecule has 0 amide bonds. The Kier molecular flexibility index (Phi) is 3.08. The van der Waals surface area contributed by atoms with Gasteiger partial charge in [0.25, 0.3) is 5.56 Å². The smallest absolute Gasteiger partial charge is 0.335 e. The van der Waals surface area contributed by atoms with Gasteiger partial charge in [0.15, 0.2) is 0 Å². The molecule has 1 aliphatic carbocycles. The van der Waals surface area contributed by atoms with Gasteiger partial charge in [-0.05, 0) is 24.8 Å². The van der Waals surface area contributed by atoms with Crippen molar-refractivity contribution in [2.24, 2.45) is 5.92 Å². The van der Waals surface area contributed by atoms with E-state index in [1.54, 1.807) is 10.8 Å². The molecule has 86 valence electrons. The Morgan fingerprint density at radius 3 is 2.69 bits per heavy atom. The van der Waals surface area contributed by atoms with Crippen molar-refractivity contribution in [3.63, 3.8) is 0 Å². The van der Waals surface area contributed by atoms with E-state index >= 15 is 0 Å². The van der Waals surface area contributed by atoms with Gasteiger partial charge in [-0.15, -0.1) is 0 Å². The summed E-state index contributed by atoms with van der Waals surface area (Å²) < 4.78 is 1.61. The number of aromatic nitrogens is 1. The van der Waals surface area contributed by atoms with Crippen LogP contribution in [0.3, 0.4) is 0 Å². The van der Waals surface area contributed by atoms with E-state index in [1.807, 2.05) is 0 Å². The largest absolute Gasteiger partial charge is 0.478 e. The van der Waals surface area contributed by atoms with Crippen molar-refractivity contribution in [2.75, 3.05) is 0 Å². The van der Waals surface area contributed by atoms with E-state index in [-0.39, 0.29) is 11.1 Å². The molecule has 1 saturated carbocycles. The summed E-state index contributed by atoms with van der Waals surface area (Å²) >= 11 is 0. The number of pyridine rings is 1. The first-order chi connectivity index (χ1) is 7.66. The summed E-state index contributed by atoms with van der Waals surface area (Å²) in [5, 5.41) is 8.74. The van der Waals surface area contributed by atoms with E-state index < -0.39 is 5.97 Å². The average Bonchev–Trinajstić information content (AvgIpc) is 2.73. The molecule has 2 rings (SSSR count). The number of hydrogen-bond donors (Lipinski definition) is 1. The molecule has 1 fully saturated rings. The molecule has 0 saturated heterocycles. The lowest BCUT2D eigenvalue weighted by Crippen LogP contribution is -2.23. The van der Waals surface area contributed by atoms with E-state index in [0.29, 0.717) is 5.92 Å². The maximum absolute atomic E-state index is 11.6. The summed E-state index contributed by atoms with van der Waals surface area (Å²) in [5.74, 6) is -0.474. The van der Waals surface area contributed by atoms with Crippen LogP contribution in [-0.4, -0.2) is 15.6 Å². The van der Waals surface area contributed by atoms with Crippen LogP contribution < -0.4 is 5.56 Å². The molecular weight excluding hydrogens is 206 g/mol. The van der Waals surface area contributed by atoms with Gasteiger partial charge in [-0.25, -0.2) is 4.79 Å². The maximum atomic E-state index is 11.6. The Morgan fingerprint density at radius 2 is 2.12 bits per heavy atom. The lowest BCUT2D eigenvalue weighted by atomic mass is 10.1. The molecule has 1 N–H and O–H groups in total. The zero-order chi connectivity index (χ0) is 11.5. The number of nitrogens with zero attached hydrogens (tertiary/aromatic N) is 1. The van der Waals surface area contributed by atoms with Crippen LogP contribution in [0.2, 0.25) is 0 Å². The van der Waals surface area contributed by atoms with Crippen molar-refractivity contribution >= 4 is 5.97 Å². The fraction of sp³-hybridized carbons (Fsp3) is 0.500. The third-order valence-corrected chi connectivity index (χ3v) is 3.17. The highest BCUT2D eigenvalue weighted by Gasteiger charge is 2.16. The number of carboxylic acids is 1. The van der Waals surface area contributed by atoms with Crippen LogP contribution >= 0.6 is 0 Å². The Labute approximate surface area is 93.5 Å². The standard InChI is InChI=1S/C12H15NO3/c14-11-7-10(12(15)16)5-6-13(11)8-9-3-1-2-4-9/h5-7,9H,1-4,8H2,(H,15,16). The highest BCUT2D eigenvalue weighted by molar-refractivity contribution is 5.87. The van der Waals surface area contributed by atoms with Crippen molar-refractivity contribution in [1.29, 1.82) is 0 Å². The van der Waals surface area contributed by atoms with Crippen molar-refractivity contribution in [3.05, 3.63) is 34.2 Å². The van der Waals surface area contributed by atoms with Crippen LogP contribution in [0.15, 0.2) is 23.1 Å². The molecule has 4 heteroatoms. The molecule has 1 aliphatic rings. The van der Waals surface area contributed by atoms with Crippen LogP contribution in [0.4, 0.5) is 0 Å². The Hall–Kier alpha value is -1.58.